The van der Waals surface area contributed by atoms with Crippen LogP contribution >= 0.6 is 0 Å². The van der Waals surface area contributed by atoms with Crippen LogP contribution in [-0.2, 0) is 24.3 Å². The second-order valence-electron chi connectivity index (χ2n) is 6.46. The van der Waals surface area contributed by atoms with Crippen molar-refractivity contribution in [1.82, 2.24) is 9.62 Å². The predicted molar refractivity (Wildman–Crippen MR) is 92.1 cm³/mol. The molecule has 0 aliphatic carbocycles. The lowest BCUT2D eigenvalue weighted by Crippen LogP contribution is -2.41. The Hall–Kier alpha value is -2.00. The van der Waals surface area contributed by atoms with E-state index < -0.39 is 27.7 Å². The first-order valence-corrected chi connectivity index (χ1v) is 9.86. The highest BCUT2D eigenvalue weighted by Gasteiger charge is 2.33. The summed E-state index contributed by atoms with van der Waals surface area (Å²) in [4.78, 5) is 23.6. The minimum absolute atomic E-state index is 0.0188. The molecule has 1 aliphatic heterocycles. The van der Waals surface area contributed by atoms with E-state index >= 15 is 0 Å². The van der Waals surface area contributed by atoms with Crippen LogP contribution in [0.3, 0.4) is 0 Å². The third-order valence-corrected chi connectivity index (χ3v) is 5.95. The zero-order chi connectivity index (χ0) is 19.3. The van der Waals surface area contributed by atoms with Crippen molar-refractivity contribution in [3.8, 4) is 0 Å². The maximum atomic E-state index is 13.0. The molecule has 0 atom stereocenters. The summed E-state index contributed by atoms with van der Waals surface area (Å²) >= 11 is 0. The van der Waals surface area contributed by atoms with Crippen molar-refractivity contribution < 1.29 is 27.1 Å². The second-order valence-corrected chi connectivity index (χ2v) is 8.40. The Morgan fingerprint density at radius 2 is 1.81 bits per heavy atom. The molecule has 1 N–H and O–H groups in total. The van der Waals surface area contributed by atoms with Gasteiger partial charge in [0.05, 0.1) is 10.8 Å². The third kappa shape index (κ3) is 5.25. The van der Waals surface area contributed by atoms with E-state index in [1.807, 2.05) is 0 Å². The maximum absolute atomic E-state index is 13.0. The fraction of sp³-hybridized carbons (Fsp3) is 0.529. The van der Waals surface area contributed by atoms with Crippen LogP contribution in [-0.4, -0.2) is 50.3 Å². The monoisotopic (exact) mass is 386 g/mol. The molecule has 7 nitrogen and oxygen atoms in total. The third-order valence-electron chi connectivity index (χ3n) is 4.03. The number of hydrogen-bond donors (Lipinski definition) is 1. The number of hydrogen-bond acceptors (Lipinski definition) is 5. The highest BCUT2D eigenvalue weighted by Crippen LogP contribution is 2.24. The van der Waals surface area contributed by atoms with Crippen molar-refractivity contribution in [3.05, 3.63) is 30.1 Å². The molecule has 2 rings (SSSR count). The summed E-state index contributed by atoms with van der Waals surface area (Å²) in [6, 6.07) is 4.59. The summed E-state index contributed by atoms with van der Waals surface area (Å²) in [5, 5.41) is 2.62. The van der Waals surface area contributed by atoms with Crippen LogP contribution in [0.25, 0.3) is 0 Å². The average molecular weight is 386 g/mol. The summed E-state index contributed by atoms with van der Waals surface area (Å²) in [5.74, 6) is -1.82. The Balaban J connectivity index is 1.87. The number of benzene rings is 1. The molecule has 1 amide bonds. The van der Waals surface area contributed by atoms with Gasteiger partial charge >= 0.3 is 5.97 Å². The van der Waals surface area contributed by atoms with Gasteiger partial charge in [0.1, 0.15) is 5.82 Å². The van der Waals surface area contributed by atoms with Gasteiger partial charge in [-0.05, 0) is 51.0 Å². The summed E-state index contributed by atoms with van der Waals surface area (Å²) in [6.07, 6.45) is 0.621. The molecule has 1 aromatic carbocycles. The molecule has 0 radical (unpaired) electrons. The molecule has 144 valence electrons. The van der Waals surface area contributed by atoms with Crippen LogP contribution < -0.4 is 5.32 Å². The number of sulfonamides is 1. The van der Waals surface area contributed by atoms with E-state index in [0.29, 0.717) is 12.8 Å². The van der Waals surface area contributed by atoms with Crippen LogP contribution in [0.1, 0.15) is 26.7 Å². The Morgan fingerprint density at radius 3 is 2.35 bits per heavy atom. The zero-order valence-electron chi connectivity index (χ0n) is 14.8. The number of amides is 1. The number of esters is 1. The molecule has 0 saturated carbocycles. The smallest absolute Gasteiger partial charge is 0.309 e. The first kappa shape index (κ1) is 20.3. The number of halogens is 1. The Bertz CT molecular complexity index is 741. The molecule has 0 unspecified atom stereocenters. The van der Waals surface area contributed by atoms with E-state index in [-0.39, 0.29) is 36.5 Å². The van der Waals surface area contributed by atoms with Crippen LogP contribution in [0.4, 0.5) is 4.39 Å². The lowest BCUT2D eigenvalue weighted by atomic mass is 9.98. The van der Waals surface area contributed by atoms with Crippen LogP contribution in [0.15, 0.2) is 29.2 Å². The predicted octanol–water partition coefficient (Wildman–Crippen LogP) is 1.29. The normalized spacial score (nSPS) is 16.5. The maximum Gasteiger partial charge on any atom is 0.309 e. The van der Waals surface area contributed by atoms with Gasteiger partial charge in [0.2, 0.25) is 10.0 Å². The van der Waals surface area contributed by atoms with Gasteiger partial charge in [0.25, 0.3) is 5.91 Å². The van der Waals surface area contributed by atoms with Gasteiger partial charge in [0.15, 0.2) is 6.61 Å². The molecular formula is C17H23FN2O5S. The van der Waals surface area contributed by atoms with E-state index in [1.165, 1.54) is 16.4 Å². The molecular weight excluding hydrogens is 363 g/mol. The molecule has 9 heteroatoms. The van der Waals surface area contributed by atoms with Crippen molar-refractivity contribution in [2.75, 3.05) is 19.7 Å². The quantitative estimate of drug-likeness (QED) is 0.744. The topological polar surface area (TPSA) is 92.8 Å². The van der Waals surface area contributed by atoms with Gasteiger partial charge < -0.3 is 10.1 Å². The van der Waals surface area contributed by atoms with Gasteiger partial charge in [-0.1, -0.05) is 0 Å². The average Bonchev–Trinajstić information content (AvgIpc) is 2.59. The number of nitrogens with one attached hydrogen (secondary N) is 1. The van der Waals surface area contributed by atoms with Crippen molar-refractivity contribution in [2.24, 2.45) is 5.92 Å². The first-order chi connectivity index (χ1) is 12.2. The van der Waals surface area contributed by atoms with Crippen molar-refractivity contribution in [3.63, 3.8) is 0 Å². The first-order valence-electron chi connectivity index (χ1n) is 8.42. The molecule has 1 fully saturated rings. The molecule has 1 heterocycles. The lowest BCUT2D eigenvalue weighted by molar-refractivity contribution is -0.153. The standard InChI is InChI=1S/C17H23FN2O5S/c1-12(2)19-16(21)11-25-17(22)13-7-9-20(10-8-13)26(23,24)15-5-3-14(18)4-6-15/h3-6,12-13H,7-11H2,1-2H3,(H,19,21). The number of piperidine rings is 1. The van der Waals surface area contributed by atoms with E-state index in [1.54, 1.807) is 13.8 Å². The van der Waals surface area contributed by atoms with Gasteiger partial charge in [-0.15, -0.1) is 0 Å². The van der Waals surface area contributed by atoms with Crippen molar-refractivity contribution in [1.29, 1.82) is 0 Å². The summed E-state index contributed by atoms with van der Waals surface area (Å²) in [6.45, 7) is 3.59. The highest BCUT2D eigenvalue weighted by molar-refractivity contribution is 7.89. The Morgan fingerprint density at radius 1 is 1.23 bits per heavy atom. The van der Waals surface area contributed by atoms with Gasteiger partial charge in [-0.25, -0.2) is 12.8 Å². The Kier molecular flexibility index (Phi) is 6.71. The number of carbonyl (C=O) groups is 2. The Labute approximate surface area is 152 Å². The molecule has 0 spiro atoms. The minimum Gasteiger partial charge on any atom is -0.455 e. The minimum atomic E-state index is -3.72. The molecule has 1 aliphatic rings. The molecule has 1 aromatic rings. The number of rotatable bonds is 6. The number of ether oxygens (including phenoxy) is 1. The van der Waals surface area contributed by atoms with E-state index in [0.717, 1.165) is 12.1 Å². The summed E-state index contributed by atoms with van der Waals surface area (Å²) < 4.78 is 44.3. The summed E-state index contributed by atoms with van der Waals surface area (Å²) in [5.41, 5.74) is 0. The van der Waals surface area contributed by atoms with Crippen LogP contribution in [0.5, 0.6) is 0 Å². The van der Waals surface area contributed by atoms with Gasteiger partial charge in [0, 0.05) is 19.1 Å². The lowest BCUT2D eigenvalue weighted by Gasteiger charge is -2.30. The van der Waals surface area contributed by atoms with E-state index in [2.05, 4.69) is 5.32 Å². The molecule has 26 heavy (non-hydrogen) atoms. The van der Waals surface area contributed by atoms with Crippen molar-refractivity contribution >= 4 is 21.9 Å². The molecule has 0 aromatic heterocycles. The SMILES string of the molecule is CC(C)NC(=O)COC(=O)C1CCN(S(=O)(=O)c2ccc(F)cc2)CC1. The fourth-order valence-electron chi connectivity index (χ4n) is 2.71. The fourth-order valence-corrected chi connectivity index (χ4v) is 4.18. The largest absolute Gasteiger partial charge is 0.455 e. The van der Waals surface area contributed by atoms with Gasteiger partial charge in [-0.2, -0.15) is 4.31 Å². The highest BCUT2D eigenvalue weighted by atomic mass is 32.2. The number of carbonyl (C=O) groups excluding carboxylic acids is 2. The van der Waals surface area contributed by atoms with Crippen LogP contribution in [0.2, 0.25) is 0 Å². The number of nitrogens with zero attached hydrogens (tertiary/aromatic N) is 1. The zero-order valence-corrected chi connectivity index (χ0v) is 15.6. The molecule has 1 saturated heterocycles. The second kappa shape index (κ2) is 8.59. The van der Waals surface area contributed by atoms with Crippen molar-refractivity contribution in [2.45, 2.75) is 37.6 Å². The van der Waals surface area contributed by atoms with Gasteiger partial charge in [-0.3, -0.25) is 9.59 Å². The van der Waals surface area contributed by atoms with Crippen LogP contribution in [0, 0.1) is 11.7 Å². The van der Waals surface area contributed by atoms with E-state index in [4.69, 9.17) is 4.74 Å². The molecule has 0 bridgehead atoms. The summed E-state index contributed by atoms with van der Waals surface area (Å²) in [7, 11) is -3.72. The van der Waals surface area contributed by atoms with E-state index in [9.17, 15) is 22.4 Å².